The first-order valence-electron chi connectivity index (χ1n) is 7.05. The number of rotatable bonds is 6. The summed E-state index contributed by atoms with van der Waals surface area (Å²) in [6, 6.07) is 8.12. The highest BCUT2D eigenvalue weighted by Crippen LogP contribution is 2.14. The first kappa shape index (κ1) is 15.4. The predicted octanol–water partition coefficient (Wildman–Crippen LogP) is 2.26. The fourth-order valence-corrected chi connectivity index (χ4v) is 3.09. The molecule has 1 fully saturated rings. The van der Waals surface area contributed by atoms with E-state index in [2.05, 4.69) is 10.6 Å². The third kappa shape index (κ3) is 5.15. The van der Waals surface area contributed by atoms with Crippen molar-refractivity contribution in [3.05, 3.63) is 29.8 Å². The highest BCUT2D eigenvalue weighted by atomic mass is 32.2. The van der Waals surface area contributed by atoms with Crippen LogP contribution in [0, 0.1) is 0 Å². The van der Waals surface area contributed by atoms with E-state index < -0.39 is 0 Å². The lowest BCUT2D eigenvalue weighted by molar-refractivity contribution is -0.116. The van der Waals surface area contributed by atoms with Crippen LogP contribution in [0.15, 0.2) is 24.3 Å². The maximum absolute atomic E-state index is 12.0. The molecule has 20 heavy (non-hydrogen) atoms. The molecule has 0 aromatic heterocycles. The lowest BCUT2D eigenvalue weighted by atomic mass is 10.2. The molecule has 1 atom stereocenters. The summed E-state index contributed by atoms with van der Waals surface area (Å²) < 4.78 is 5.38. The molecule has 1 saturated heterocycles. The van der Waals surface area contributed by atoms with E-state index in [1.54, 1.807) is 0 Å². The average molecular weight is 294 g/mol. The van der Waals surface area contributed by atoms with Crippen LogP contribution in [0.25, 0.3) is 0 Å². The predicted molar refractivity (Wildman–Crippen MR) is 84.1 cm³/mol. The Morgan fingerprint density at radius 2 is 2.45 bits per heavy atom. The molecule has 2 rings (SSSR count). The number of carbonyl (C=O) groups is 1. The molecule has 2 N–H and O–H groups in total. The second kappa shape index (κ2) is 8.29. The molecule has 4 nitrogen and oxygen atoms in total. The van der Waals surface area contributed by atoms with Crippen molar-refractivity contribution < 1.29 is 9.53 Å². The van der Waals surface area contributed by atoms with Gasteiger partial charge in [-0.2, -0.15) is 11.8 Å². The highest BCUT2D eigenvalue weighted by molar-refractivity contribution is 7.99. The molecular weight excluding hydrogens is 272 g/mol. The number of ether oxygens (including phenoxy) is 1. The van der Waals surface area contributed by atoms with E-state index in [0.29, 0.717) is 25.7 Å². The average Bonchev–Trinajstić information content (AvgIpc) is 2.46. The third-order valence-corrected chi connectivity index (χ3v) is 4.24. The number of hydrogen-bond donors (Lipinski definition) is 2. The van der Waals surface area contributed by atoms with Crippen molar-refractivity contribution in [3.63, 3.8) is 0 Å². The van der Waals surface area contributed by atoms with Crippen LogP contribution < -0.4 is 10.6 Å². The van der Waals surface area contributed by atoms with Crippen molar-refractivity contribution in [2.45, 2.75) is 26.0 Å². The quantitative estimate of drug-likeness (QED) is 0.845. The van der Waals surface area contributed by atoms with Crippen molar-refractivity contribution in [2.75, 3.05) is 30.0 Å². The van der Waals surface area contributed by atoms with Gasteiger partial charge in [-0.1, -0.05) is 12.1 Å². The number of hydrogen-bond acceptors (Lipinski definition) is 4. The topological polar surface area (TPSA) is 50.4 Å². The lowest BCUT2D eigenvalue weighted by Crippen LogP contribution is -2.39. The van der Waals surface area contributed by atoms with Gasteiger partial charge in [0.05, 0.1) is 6.61 Å². The van der Waals surface area contributed by atoms with E-state index in [0.717, 1.165) is 29.3 Å². The van der Waals surface area contributed by atoms with Crippen LogP contribution >= 0.6 is 11.8 Å². The second-order valence-corrected chi connectivity index (χ2v) is 5.97. The minimum atomic E-state index is 0.0681. The monoisotopic (exact) mass is 294 g/mol. The molecule has 110 valence electrons. The standard InChI is InChI=1S/C15H22N2O2S/c1-2-19-10-12-4-3-5-13(8-12)17-15(18)9-14-11-20-7-6-16-14/h3-5,8,14,16H,2,6-7,9-11H2,1H3,(H,17,18). The van der Waals surface area contributed by atoms with E-state index >= 15 is 0 Å². The summed E-state index contributed by atoms with van der Waals surface area (Å²) in [4.78, 5) is 12.0. The number of carbonyl (C=O) groups excluding carboxylic acids is 1. The Morgan fingerprint density at radius 1 is 1.55 bits per heavy atom. The van der Waals surface area contributed by atoms with Crippen molar-refractivity contribution in [1.29, 1.82) is 0 Å². The van der Waals surface area contributed by atoms with Crippen LogP contribution in [0.2, 0.25) is 0 Å². The Balaban J connectivity index is 1.83. The molecule has 1 amide bonds. The van der Waals surface area contributed by atoms with Gasteiger partial charge in [-0.3, -0.25) is 4.79 Å². The van der Waals surface area contributed by atoms with Gasteiger partial charge in [-0.15, -0.1) is 0 Å². The molecule has 1 aliphatic rings. The summed E-state index contributed by atoms with van der Waals surface area (Å²) in [5.41, 5.74) is 1.92. The molecule has 0 saturated carbocycles. The molecule has 5 heteroatoms. The molecular formula is C15H22N2O2S. The van der Waals surface area contributed by atoms with Gasteiger partial charge >= 0.3 is 0 Å². The number of nitrogens with one attached hydrogen (secondary N) is 2. The molecule has 1 heterocycles. The van der Waals surface area contributed by atoms with Gasteiger partial charge in [0.25, 0.3) is 0 Å². The van der Waals surface area contributed by atoms with E-state index in [4.69, 9.17) is 4.74 Å². The largest absolute Gasteiger partial charge is 0.377 e. The first-order valence-corrected chi connectivity index (χ1v) is 8.21. The number of benzene rings is 1. The molecule has 1 aliphatic heterocycles. The van der Waals surface area contributed by atoms with E-state index in [1.165, 1.54) is 0 Å². The van der Waals surface area contributed by atoms with Crippen molar-refractivity contribution >= 4 is 23.4 Å². The maximum Gasteiger partial charge on any atom is 0.225 e. The van der Waals surface area contributed by atoms with Gasteiger partial charge in [0.2, 0.25) is 5.91 Å². The van der Waals surface area contributed by atoms with E-state index in [-0.39, 0.29) is 5.91 Å². The van der Waals surface area contributed by atoms with Crippen molar-refractivity contribution in [1.82, 2.24) is 5.32 Å². The van der Waals surface area contributed by atoms with Gasteiger partial charge in [-0.25, -0.2) is 0 Å². The van der Waals surface area contributed by atoms with Crippen LogP contribution in [0.5, 0.6) is 0 Å². The van der Waals surface area contributed by atoms with Gasteiger partial charge in [0.15, 0.2) is 0 Å². The number of amides is 1. The minimum absolute atomic E-state index is 0.0681. The minimum Gasteiger partial charge on any atom is -0.377 e. The Morgan fingerprint density at radius 3 is 3.20 bits per heavy atom. The fraction of sp³-hybridized carbons (Fsp3) is 0.533. The van der Waals surface area contributed by atoms with Crippen LogP contribution in [0.4, 0.5) is 5.69 Å². The Hall–Kier alpha value is -1.04. The Kier molecular flexibility index (Phi) is 6.36. The van der Waals surface area contributed by atoms with E-state index in [9.17, 15) is 4.79 Å². The van der Waals surface area contributed by atoms with Crippen molar-refractivity contribution in [2.24, 2.45) is 0 Å². The summed E-state index contributed by atoms with van der Waals surface area (Å²) in [7, 11) is 0. The van der Waals surface area contributed by atoms with Crippen molar-refractivity contribution in [3.8, 4) is 0 Å². The van der Waals surface area contributed by atoms with Gasteiger partial charge < -0.3 is 15.4 Å². The summed E-state index contributed by atoms with van der Waals surface area (Å²) in [5.74, 6) is 2.22. The lowest BCUT2D eigenvalue weighted by Gasteiger charge is -2.22. The summed E-state index contributed by atoms with van der Waals surface area (Å²) in [5, 5.41) is 6.34. The molecule has 0 bridgehead atoms. The van der Waals surface area contributed by atoms with Crippen LogP contribution in [0.1, 0.15) is 18.9 Å². The molecule has 0 spiro atoms. The molecule has 0 radical (unpaired) electrons. The fourth-order valence-electron chi connectivity index (χ4n) is 2.15. The summed E-state index contributed by atoms with van der Waals surface area (Å²) in [6.07, 6.45) is 0.530. The molecule has 0 aliphatic carbocycles. The first-order chi connectivity index (χ1) is 9.78. The number of thioether (sulfide) groups is 1. The normalized spacial score (nSPS) is 18.8. The maximum atomic E-state index is 12.0. The summed E-state index contributed by atoms with van der Waals surface area (Å²) >= 11 is 1.90. The smallest absolute Gasteiger partial charge is 0.225 e. The van der Waals surface area contributed by atoms with Gasteiger partial charge in [0, 0.05) is 42.8 Å². The Bertz CT molecular complexity index is 434. The van der Waals surface area contributed by atoms with Gasteiger partial charge in [0.1, 0.15) is 0 Å². The van der Waals surface area contributed by atoms with Crippen LogP contribution in [-0.2, 0) is 16.1 Å². The molecule has 1 aromatic rings. The third-order valence-electron chi connectivity index (χ3n) is 3.11. The van der Waals surface area contributed by atoms with Crippen LogP contribution in [0.3, 0.4) is 0 Å². The second-order valence-electron chi connectivity index (χ2n) is 4.82. The molecule has 1 aromatic carbocycles. The van der Waals surface area contributed by atoms with Crippen LogP contribution in [-0.4, -0.2) is 36.6 Å². The zero-order valence-corrected chi connectivity index (χ0v) is 12.7. The SMILES string of the molecule is CCOCc1cccc(NC(=O)CC2CSCCN2)c1. The zero-order chi connectivity index (χ0) is 14.2. The van der Waals surface area contributed by atoms with E-state index in [1.807, 2.05) is 43.0 Å². The highest BCUT2D eigenvalue weighted by Gasteiger charge is 2.16. The van der Waals surface area contributed by atoms with Gasteiger partial charge in [-0.05, 0) is 24.6 Å². The number of anilines is 1. The molecule has 1 unspecified atom stereocenters. The Labute approximate surface area is 124 Å². The zero-order valence-electron chi connectivity index (χ0n) is 11.9. The summed E-state index contributed by atoms with van der Waals surface area (Å²) in [6.45, 7) is 4.25.